The average Bonchev–Trinajstić information content (AvgIpc) is 2.46. The lowest BCUT2D eigenvalue weighted by atomic mass is 10.1. The summed E-state index contributed by atoms with van der Waals surface area (Å²) in [5.74, 6) is -2.06. The Labute approximate surface area is 122 Å². The fourth-order valence-corrected chi connectivity index (χ4v) is 2.01. The van der Waals surface area contributed by atoms with Crippen molar-refractivity contribution in [1.29, 1.82) is 0 Å². The van der Waals surface area contributed by atoms with E-state index >= 15 is 0 Å². The molecule has 0 heterocycles. The van der Waals surface area contributed by atoms with Crippen molar-refractivity contribution < 1.29 is 13.6 Å². The molecule has 0 aliphatic rings. The molecule has 21 heavy (non-hydrogen) atoms. The van der Waals surface area contributed by atoms with Crippen LogP contribution >= 0.6 is 0 Å². The molecule has 2 rings (SSSR count). The van der Waals surface area contributed by atoms with E-state index in [4.69, 9.17) is 0 Å². The Morgan fingerprint density at radius 2 is 1.62 bits per heavy atom. The van der Waals surface area contributed by atoms with E-state index in [1.807, 2.05) is 19.1 Å². The number of carbonyl (C=O) groups is 1. The summed E-state index contributed by atoms with van der Waals surface area (Å²) in [5, 5.41) is 2.42. The van der Waals surface area contributed by atoms with E-state index in [0.717, 1.165) is 17.7 Å². The topological polar surface area (TPSA) is 32.3 Å². The smallest absolute Gasteiger partial charge is 0.258 e. The predicted octanol–water partition coefficient (Wildman–Crippen LogP) is 3.59. The molecule has 0 atom stereocenters. The summed E-state index contributed by atoms with van der Waals surface area (Å²) < 4.78 is 27.4. The monoisotopic (exact) mass is 290 g/mol. The predicted molar refractivity (Wildman–Crippen MR) is 79.8 cm³/mol. The van der Waals surface area contributed by atoms with Gasteiger partial charge in [0, 0.05) is 25.3 Å². The summed E-state index contributed by atoms with van der Waals surface area (Å²) in [7, 11) is 2.98. The van der Waals surface area contributed by atoms with Gasteiger partial charge in [0.05, 0.1) is 0 Å². The van der Waals surface area contributed by atoms with Crippen LogP contribution in [0, 0.1) is 18.6 Å². The summed E-state index contributed by atoms with van der Waals surface area (Å²) in [5.41, 5.74) is 1.44. The minimum atomic E-state index is -0.793. The van der Waals surface area contributed by atoms with E-state index in [-0.39, 0.29) is 11.3 Å². The molecule has 0 saturated heterocycles. The van der Waals surface area contributed by atoms with Crippen LogP contribution in [0.3, 0.4) is 0 Å². The molecule has 0 spiro atoms. The van der Waals surface area contributed by atoms with Gasteiger partial charge in [0.15, 0.2) is 0 Å². The second-order valence-electron chi connectivity index (χ2n) is 4.76. The van der Waals surface area contributed by atoms with E-state index < -0.39 is 17.5 Å². The van der Waals surface area contributed by atoms with E-state index in [0.29, 0.717) is 5.69 Å². The normalized spacial score (nSPS) is 10.3. The van der Waals surface area contributed by atoms with Crippen molar-refractivity contribution >= 4 is 17.3 Å². The van der Waals surface area contributed by atoms with Gasteiger partial charge in [-0.1, -0.05) is 17.7 Å². The van der Waals surface area contributed by atoms with Crippen LogP contribution in [0.1, 0.15) is 15.9 Å². The molecular weight excluding hydrogens is 274 g/mol. The first-order chi connectivity index (χ1) is 9.93. The average molecular weight is 290 g/mol. The molecule has 110 valence electrons. The van der Waals surface area contributed by atoms with E-state index in [9.17, 15) is 13.6 Å². The maximum Gasteiger partial charge on any atom is 0.258 e. The molecule has 0 unspecified atom stereocenters. The molecule has 0 aromatic heterocycles. The Morgan fingerprint density at radius 1 is 1.10 bits per heavy atom. The molecular formula is C16H16F2N2O. The van der Waals surface area contributed by atoms with Crippen LogP contribution in [0.5, 0.6) is 0 Å². The molecule has 0 fully saturated rings. The van der Waals surface area contributed by atoms with Gasteiger partial charge in [-0.05, 0) is 31.2 Å². The van der Waals surface area contributed by atoms with Crippen LogP contribution in [-0.4, -0.2) is 20.0 Å². The Kier molecular flexibility index (Phi) is 4.21. The Hall–Kier alpha value is -2.43. The summed E-state index contributed by atoms with van der Waals surface area (Å²) in [4.78, 5) is 13.7. The highest BCUT2D eigenvalue weighted by molar-refractivity contribution is 6.05. The zero-order valence-corrected chi connectivity index (χ0v) is 12.1. The maximum atomic E-state index is 13.7. The van der Waals surface area contributed by atoms with Crippen molar-refractivity contribution in [1.82, 2.24) is 0 Å². The number of nitrogens with zero attached hydrogens (tertiary/aromatic N) is 1. The minimum Gasteiger partial charge on any atom is -0.383 e. The number of halogens is 2. The van der Waals surface area contributed by atoms with Gasteiger partial charge < -0.3 is 10.2 Å². The van der Waals surface area contributed by atoms with Gasteiger partial charge in [-0.3, -0.25) is 4.79 Å². The van der Waals surface area contributed by atoms with Crippen LogP contribution in [0.15, 0.2) is 36.4 Å². The maximum absolute atomic E-state index is 13.7. The molecule has 1 N–H and O–H groups in total. The highest BCUT2D eigenvalue weighted by Crippen LogP contribution is 2.22. The highest BCUT2D eigenvalue weighted by Gasteiger charge is 2.18. The van der Waals surface area contributed by atoms with Crippen molar-refractivity contribution in [2.75, 3.05) is 24.3 Å². The van der Waals surface area contributed by atoms with Gasteiger partial charge >= 0.3 is 0 Å². The van der Waals surface area contributed by atoms with Gasteiger partial charge in [-0.2, -0.15) is 0 Å². The van der Waals surface area contributed by atoms with Gasteiger partial charge in [0.2, 0.25) is 0 Å². The first kappa shape index (κ1) is 15.0. The molecule has 0 bridgehead atoms. The number of benzene rings is 2. The van der Waals surface area contributed by atoms with Crippen LogP contribution in [0.2, 0.25) is 0 Å². The number of hydrogen-bond donors (Lipinski definition) is 1. The third-order valence-electron chi connectivity index (χ3n) is 3.26. The number of carbonyl (C=O) groups excluding carboxylic acids is 1. The highest BCUT2D eigenvalue weighted by atomic mass is 19.1. The third-order valence-corrected chi connectivity index (χ3v) is 3.26. The molecule has 0 aliphatic heterocycles. The third kappa shape index (κ3) is 3.02. The molecule has 1 amide bonds. The number of aryl methyl sites for hydroxylation is 1. The zero-order valence-electron chi connectivity index (χ0n) is 12.1. The van der Waals surface area contributed by atoms with E-state index in [1.54, 1.807) is 19.2 Å². The first-order valence-electron chi connectivity index (χ1n) is 6.45. The van der Waals surface area contributed by atoms with E-state index in [1.165, 1.54) is 11.9 Å². The number of anilines is 2. The lowest BCUT2D eigenvalue weighted by Gasteiger charge is -2.18. The minimum absolute atomic E-state index is 0.0351. The second kappa shape index (κ2) is 5.91. The quantitative estimate of drug-likeness (QED) is 0.937. The number of rotatable bonds is 3. The SMILES string of the molecule is CNc1c(F)cc(C(=O)N(C)c2ccc(C)cc2)cc1F. The number of nitrogens with one attached hydrogen (secondary N) is 1. The molecule has 0 radical (unpaired) electrons. The fraction of sp³-hybridized carbons (Fsp3) is 0.188. The summed E-state index contributed by atoms with van der Waals surface area (Å²) >= 11 is 0. The second-order valence-corrected chi connectivity index (χ2v) is 4.76. The Morgan fingerprint density at radius 3 is 2.10 bits per heavy atom. The number of hydrogen-bond acceptors (Lipinski definition) is 2. The largest absolute Gasteiger partial charge is 0.383 e. The van der Waals surface area contributed by atoms with Crippen molar-refractivity contribution in [2.45, 2.75) is 6.92 Å². The van der Waals surface area contributed by atoms with Gasteiger partial charge in [0.25, 0.3) is 5.91 Å². The van der Waals surface area contributed by atoms with Crippen molar-refractivity contribution in [3.8, 4) is 0 Å². The first-order valence-corrected chi connectivity index (χ1v) is 6.45. The number of amides is 1. The molecule has 0 saturated carbocycles. The van der Waals surface area contributed by atoms with Crippen molar-refractivity contribution in [3.05, 3.63) is 59.2 Å². The van der Waals surface area contributed by atoms with Gasteiger partial charge in [0.1, 0.15) is 17.3 Å². The van der Waals surface area contributed by atoms with Crippen LogP contribution in [-0.2, 0) is 0 Å². The lowest BCUT2D eigenvalue weighted by molar-refractivity contribution is 0.0992. The van der Waals surface area contributed by atoms with Crippen molar-refractivity contribution in [3.63, 3.8) is 0 Å². The Bertz CT molecular complexity index is 645. The van der Waals surface area contributed by atoms with Crippen LogP contribution in [0.25, 0.3) is 0 Å². The standard InChI is InChI=1S/C16H16F2N2O/c1-10-4-6-12(7-5-10)20(3)16(21)11-8-13(17)15(19-2)14(18)9-11/h4-9,19H,1-3H3. The summed E-state index contributed by atoms with van der Waals surface area (Å²) in [6.07, 6.45) is 0. The molecule has 3 nitrogen and oxygen atoms in total. The van der Waals surface area contributed by atoms with Gasteiger partial charge in [-0.25, -0.2) is 8.78 Å². The molecule has 0 aliphatic carbocycles. The molecule has 2 aromatic rings. The summed E-state index contributed by atoms with van der Waals surface area (Å²) in [6, 6.07) is 9.35. The lowest BCUT2D eigenvalue weighted by Crippen LogP contribution is -2.26. The summed E-state index contributed by atoms with van der Waals surface area (Å²) in [6.45, 7) is 1.94. The fourth-order valence-electron chi connectivity index (χ4n) is 2.01. The molecule has 2 aromatic carbocycles. The zero-order chi connectivity index (χ0) is 15.6. The molecule has 5 heteroatoms. The van der Waals surface area contributed by atoms with Crippen LogP contribution < -0.4 is 10.2 Å². The van der Waals surface area contributed by atoms with Crippen LogP contribution in [0.4, 0.5) is 20.2 Å². The van der Waals surface area contributed by atoms with Gasteiger partial charge in [-0.15, -0.1) is 0 Å². The Balaban J connectivity index is 2.33. The van der Waals surface area contributed by atoms with E-state index in [2.05, 4.69) is 5.32 Å². The van der Waals surface area contributed by atoms with Crippen molar-refractivity contribution in [2.24, 2.45) is 0 Å².